The summed E-state index contributed by atoms with van der Waals surface area (Å²) >= 11 is 0. The van der Waals surface area contributed by atoms with Crippen molar-refractivity contribution in [2.24, 2.45) is 5.92 Å². The molecule has 1 aromatic rings. The van der Waals surface area contributed by atoms with E-state index >= 15 is 0 Å². The summed E-state index contributed by atoms with van der Waals surface area (Å²) in [5.74, 6) is -3.01. The number of halogens is 3. The highest BCUT2D eigenvalue weighted by Gasteiger charge is 2.64. The Bertz CT molecular complexity index is 887. The van der Waals surface area contributed by atoms with Crippen molar-refractivity contribution in [3.63, 3.8) is 0 Å². The molecule has 1 aromatic carbocycles. The number of unbranched alkanes of at least 4 members (excludes halogenated alkanes) is 2. The van der Waals surface area contributed by atoms with Gasteiger partial charge in [0.05, 0.1) is 12.0 Å². The number of rotatable bonds is 12. The number of esters is 1. The van der Waals surface area contributed by atoms with Gasteiger partial charge in [-0.25, -0.2) is 4.79 Å². The lowest BCUT2D eigenvalue weighted by atomic mass is 9.92. The molecule has 0 aliphatic carbocycles. The molecule has 1 fully saturated rings. The molecule has 9 heteroatoms. The number of benzene rings is 1. The van der Waals surface area contributed by atoms with Gasteiger partial charge in [0.2, 0.25) is 5.91 Å². The zero-order chi connectivity index (χ0) is 26.1. The van der Waals surface area contributed by atoms with Crippen LogP contribution in [0.25, 0.3) is 0 Å². The van der Waals surface area contributed by atoms with Crippen molar-refractivity contribution in [3.8, 4) is 0 Å². The Morgan fingerprint density at radius 1 is 1.17 bits per heavy atom. The smallest absolute Gasteiger partial charge is 0.432 e. The molecule has 1 amide bonds. The molecule has 0 saturated carbocycles. The molecule has 1 aliphatic rings. The van der Waals surface area contributed by atoms with Gasteiger partial charge in [0.1, 0.15) is 12.4 Å². The van der Waals surface area contributed by atoms with Crippen molar-refractivity contribution >= 4 is 17.7 Å². The molecule has 194 valence electrons. The van der Waals surface area contributed by atoms with Crippen molar-refractivity contribution in [2.45, 2.75) is 70.2 Å². The normalized spacial score (nSPS) is 18.9. The Kier molecular flexibility index (Phi) is 10.5. The Balaban J connectivity index is 2.05. The third-order valence-corrected chi connectivity index (χ3v) is 6.37. The number of allylic oxidation sites excluding steroid dienone is 2. The highest BCUT2D eigenvalue weighted by molar-refractivity contribution is 6.01. The van der Waals surface area contributed by atoms with E-state index in [2.05, 4.69) is 0 Å². The molecule has 3 atom stereocenters. The van der Waals surface area contributed by atoms with Crippen LogP contribution in [0, 0.1) is 5.92 Å². The number of likely N-dealkylation sites (tertiary alicyclic amines) is 1. The minimum Gasteiger partial charge on any atom is -0.461 e. The van der Waals surface area contributed by atoms with Crippen LogP contribution in [0.4, 0.5) is 13.2 Å². The van der Waals surface area contributed by atoms with E-state index in [0.717, 1.165) is 32.1 Å². The number of ether oxygens (including phenoxy) is 2. The van der Waals surface area contributed by atoms with Gasteiger partial charge in [-0.1, -0.05) is 42.5 Å². The van der Waals surface area contributed by atoms with Gasteiger partial charge in [0.15, 0.2) is 0 Å². The van der Waals surface area contributed by atoms with Crippen molar-refractivity contribution < 1.29 is 37.0 Å². The van der Waals surface area contributed by atoms with Gasteiger partial charge in [-0.2, -0.15) is 13.2 Å². The lowest BCUT2D eigenvalue weighted by Crippen LogP contribution is -2.52. The predicted molar refractivity (Wildman–Crippen MR) is 124 cm³/mol. The van der Waals surface area contributed by atoms with E-state index in [1.807, 2.05) is 19.1 Å². The van der Waals surface area contributed by atoms with Crippen LogP contribution in [0.3, 0.4) is 0 Å². The van der Waals surface area contributed by atoms with E-state index < -0.39 is 41.9 Å². The van der Waals surface area contributed by atoms with Gasteiger partial charge in [0, 0.05) is 25.6 Å². The number of carbonyl (C=O) groups is 3. The van der Waals surface area contributed by atoms with Gasteiger partial charge in [-0.15, -0.1) is 0 Å². The highest BCUT2D eigenvalue weighted by atomic mass is 19.4. The quantitative estimate of drug-likeness (QED) is 0.177. The van der Waals surface area contributed by atoms with Crippen LogP contribution < -0.4 is 0 Å². The first-order valence-corrected chi connectivity index (χ1v) is 11.9. The minimum atomic E-state index is -5.07. The first-order valence-electron chi connectivity index (χ1n) is 11.9. The molecule has 0 bridgehead atoms. The summed E-state index contributed by atoms with van der Waals surface area (Å²) in [6.45, 7) is 3.42. The summed E-state index contributed by atoms with van der Waals surface area (Å²) in [5, 5.41) is 0. The summed E-state index contributed by atoms with van der Waals surface area (Å²) in [4.78, 5) is 39.7. The number of Topliss-reactive ketones (excluding diaryl/α,β-unsaturated/α-hetero) is 1. The summed E-state index contributed by atoms with van der Waals surface area (Å²) in [6.07, 6.45) is 2.64. The van der Waals surface area contributed by atoms with Crippen LogP contribution in [0.5, 0.6) is 0 Å². The number of alkyl halides is 3. The summed E-state index contributed by atoms with van der Waals surface area (Å²) in [6, 6.07) is 5.97. The molecule has 0 radical (unpaired) electrons. The predicted octanol–water partition coefficient (Wildman–Crippen LogP) is 4.97. The molecule has 1 heterocycles. The van der Waals surface area contributed by atoms with Crippen molar-refractivity contribution in [1.82, 2.24) is 4.90 Å². The van der Waals surface area contributed by atoms with Gasteiger partial charge in [-0.05, 0) is 46.0 Å². The second-order valence-electron chi connectivity index (χ2n) is 8.68. The number of hydrogen-bond donors (Lipinski definition) is 0. The number of hydrogen-bond acceptors (Lipinski definition) is 5. The molecule has 1 saturated heterocycles. The van der Waals surface area contributed by atoms with E-state index in [9.17, 15) is 27.6 Å². The maximum atomic E-state index is 14.1. The average Bonchev–Trinajstić information content (AvgIpc) is 3.30. The number of methoxy groups -OCH3 is 1. The van der Waals surface area contributed by atoms with E-state index in [4.69, 9.17) is 9.47 Å². The summed E-state index contributed by atoms with van der Waals surface area (Å²) in [7, 11) is 0.805. The van der Waals surface area contributed by atoms with Crippen LogP contribution in [-0.2, 0) is 29.5 Å². The molecule has 0 spiro atoms. The fraction of sp³-hybridized carbons (Fsp3) is 0.577. The minimum absolute atomic E-state index is 0.169. The van der Waals surface area contributed by atoms with Gasteiger partial charge < -0.3 is 14.4 Å². The monoisotopic (exact) mass is 497 g/mol. The van der Waals surface area contributed by atoms with E-state index in [1.165, 1.54) is 23.1 Å². The first-order chi connectivity index (χ1) is 16.6. The van der Waals surface area contributed by atoms with Crippen LogP contribution in [0.2, 0.25) is 0 Å². The number of nitrogens with zero attached hydrogens (tertiary/aromatic N) is 1. The maximum absolute atomic E-state index is 14.1. The van der Waals surface area contributed by atoms with Crippen molar-refractivity contribution in [1.29, 1.82) is 0 Å². The van der Waals surface area contributed by atoms with Crippen LogP contribution in [0.15, 0.2) is 42.5 Å². The third kappa shape index (κ3) is 6.72. The topological polar surface area (TPSA) is 72.9 Å². The van der Waals surface area contributed by atoms with Crippen LogP contribution >= 0.6 is 0 Å². The molecule has 6 nitrogen and oxygen atoms in total. The van der Waals surface area contributed by atoms with Crippen molar-refractivity contribution in [3.05, 3.63) is 48.0 Å². The van der Waals surface area contributed by atoms with Crippen LogP contribution in [-0.4, -0.2) is 55.0 Å². The standard InChI is InChI=1S/C26H34F3NO5/c1-4-5-6-7-11-16-22(31)19(2)23(32)30-17-12-15-21(30)18-35-24(33)25(34-3,26(27,28)29)20-13-9-8-10-14-20/h4-5,8-10,13-14,19,21H,6-7,11-12,15-18H2,1-3H3/b5-4+/t19?,21-,25+/m1/s1. The maximum Gasteiger partial charge on any atom is 0.432 e. The van der Waals surface area contributed by atoms with E-state index in [1.54, 1.807) is 6.92 Å². The zero-order valence-corrected chi connectivity index (χ0v) is 20.5. The largest absolute Gasteiger partial charge is 0.461 e. The molecule has 2 rings (SSSR count). The fourth-order valence-electron chi connectivity index (χ4n) is 4.29. The Labute approximate surface area is 204 Å². The number of carbonyl (C=O) groups excluding carboxylic acids is 3. The summed E-state index contributed by atoms with van der Waals surface area (Å²) in [5.41, 5.74) is -3.68. The molecule has 0 N–H and O–H groups in total. The number of amides is 1. The SMILES string of the molecule is C/C=C/CCCCC(=O)C(C)C(=O)N1CCC[C@@H]1COC(=O)[C@@](OC)(c1ccccc1)C(F)(F)F. The second-order valence-corrected chi connectivity index (χ2v) is 8.68. The molecular formula is C26H34F3NO5. The highest BCUT2D eigenvalue weighted by Crippen LogP contribution is 2.43. The second kappa shape index (κ2) is 12.9. The van der Waals surface area contributed by atoms with E-state index in [-0.39, 0.29) is 18.1 Å². The van der Waals surface area contributed by atoms with Crippen molar-refractivity contribution in [2.75, 3.05) is 20.3 Å². The van der Waals surface area contributed by atoms with Crippen LogP contribution in [0.1, 0.15) is 57.9 Å². The van der Waals surface area contributed by atoms with E-state index in [0.29, 0.717) is 25.8 Å². The van der Waals surface area contributed by atoms with Gasteiger partial charge in [0.25, 0.3) is 5.60 Å². The van der Waals surface area contributed by atoms with Gasteiger partial charge in [-0.3, -0.25) is 9.59 Å². The lowest BCUT2D eigenvalue weighted by molar-refractivity contribution is -0.276. The Morgan fingerprint density at radius 2 is 1.86 bits per heavy atom. The molecule has 1 aliphatic heterocycles. The Morgan fingerprint density at radius 3 is 2.46 bits per heavy atom. The summed E-state index contributed by atoms with van der Waals surface area (Å²) < 4.78 is 52.0. The third-order valence-electron chi connectivity index (χ3n) is 6.37. The fourth-order valence-corrected chi connectivity index (χ4v) is 4.29. The number of ketones is 1. The zero-order valence-electron chi connectivity index (χ0n) is 20.5. The molecular weight excluding hydrogens is 463 g/mol. The molecule has 0 aromatic heterocycles. The molecule has 35 heavy (non-hydrogen) atoms. The lowest BCUT2D eigenvalue weighted by Gasteiger charge is -2.33. The van der Waals surface area contributed by atoms with Gasteiger partial charge >= 0.3 is 12.1 Å². The molecule has 1 unspecified atom stereocenters. The Hall–Kier alpha value is -2.68. The first kappa shape index (κ1) is 28.6. The average molecular weight is 498 g/mol.